The minimum atomic E-state index is 0.225. The summed E-state index contributed by atoms with van der Waals surface area (Å²) < 4.78 is 5.88. The monoisotopic (exact) mass is 326 g/mol. The molecule has 4 nitrogen and oxygen atoms in total. The zero-order valence-corrected chi connectivity index (χ0v) is 13.6. The molecule has 1 aliphatic heterocycles. The number of hydrogen-bond donors (Lipinski definition) is 0. The number of rotatable bonds is 3. The van der Waals surface area contributed by atoms with Crippen LogP contribution in [0.4, 0.5) is 0 Å². The Morgan fingerprint density at radius 2 is 2.04 bits per heavy atom. The van der Waals surface area contributed by atoms with Crippen molar-refractivity contribution in [3.05, 3.63) is 52.5 Å². The first-order chi connectivity index (χ1) is 11.3. The molecular weight excluding hydrogens is 308 g/mol. The quantitative estimate of drug-likeness (QED) is 0.735. The summed E-state index contributed by atoms with van der Waals surface area (Å²) in [6.07, 6.45) is 2.36. The van der Waals surface area contributed by atoms with Gasteiger partial charge in [0.2, 0.25) is 5.91 Å². The van der Waals surface area contributed by atoms with Crippen molar-refractivity contribution in [1.29, 1.82) is 0 Å². The summed E-state index contributed by atoms with van der Waals surface area (Å²) in [6.45, 7) is 1.57. The number of fused-ring (bicyclic) bond motifs is 1. The van der Waals surface area contributed by atoms with Gasteiger partial charge in [-0.15, -0.1) is 11.3 Å². The molecule has 1 fully saturated rings. The number of aromatic nitrogens is 1. The van der Waals surface area contributed by atoms with Crippen molar-refractivity contribution < 1.29 is 9.21 Å². The lowest BCUT2D eigenvalue weighted by Gasteiger charge is -2.30. The van der Waals surface area contributed by atoms with Gasteiger partial charge in [-0.1, -0.05) is 18.2 Å². The van der Waals surface area contributed by atoms with E-state index in [1.165, 1.54) is 0 Å². The van der Waals surface area contributed by atoms with E-state index in [1.807, 2.05) is 46.7 Å². The Morgan fingerprint density at radius 1 is 1.22 bits per heavy atom. The molecule has 3 heterocycles. The van der Waals surface area contributed by atoms with Crippen molar-refractivity contribution in [3.8, 4) is 0 Å². The molecule has 2 aromatic heterocycles. The highest BCUT2D eigenvalue weighted by molar-refractivity contribution is 7.10. The van der Waals surface area contributed by atoms with Crippen molar-refractivity contribution in [1.82, 2.24) is 9.88 Å². The van der Waals surface area contributed by atoms with E-state index in [2.05, 4.69) is 4.98 Å². The molecule has 1 amide bonds. The number of amides is 1. The highest BCUT2D eigenvalue weighted by Gasteiger charge is 2.27. The molecule has 23 heavy (non-hydrogen) atoms. The fourth-order valence-electron chi connectivity index (χ4n) is 3.11. The van der Waals surface area contributed by atoms with Crippen LogP contribution in [0.2, 0.25) is 0 Å². The van der Waals surface area contributed by atoms with Gasteiger partial charge in [0.05, 0.1) is 6.42 Å². The first kappa shape index (κ1) is 14.5. The molecule has 0 unspecified atom stereocenters. The molecule has 1 aromatic carbocycles. The van der Waals surface area contributed by atoms with Crippen molar-refractivity contribution in [3.63, 3.8) is 0 Å². The minimum Gasteiger partial charge on any atom is -0.440 e. The van der Waals surface area contributed by atoms with Crippen molar-refractivity contribution in [2.75, 3.05) is 13.1 Å². The predicted molar refractivity (Wildman–Crippen MR) is 90.6 cm³/mol. The van der Waals surface area contributed by atoms with Gasteiger partial charge in [0.1, 0.15) is 5.52 Å². The number of hydrogen-bond acceptors (Lipinski definition) is 4. The number of para-hydroxylation sites is 2. The van der Waals surface area contributed by atoms with Crippen LogP contribution in [0.25, 0.3) is 11.1 Å². The number of oxazole rings is 1. The van der Waals surface area contributed by atoms with Crippen LogP contribution in [0.5, 0.6) is 0 Å². The van der Waals surface area contributed by atoms with E-state index in [0.717, 1.165) is 47.8 Å². The number of benzene rings is 1. The predicted octanol–water partition coefficient (Wildman–Crippen LogP) is 3.84. The SMILES string of the molecule is O=C(Cc1cccs1)N1CCC(c2nc3ccccc3o2)CC1. The zero-order valence-electron chi connectivity index (χ0n) is 12.8. The van der Waals surface area contributed by atoms with Crippen LogP contribution >= 0.6 is 11.3 Å². The van der Waals surface area contributed by atoms with Gasteiger partial charge < -0.3 is 9.32 Å². The lowest BCUT2D eigenvalue weighted by molar-refractivity contribution is -0.131. The number of thiophene rings is 1. The van der Waals surface area contributed by atoms with Gasteiger partial charge in [0.15, 0.2) is 11.5 Å². The second-order valence-electron chi connectivity index (χ2n) is 5.93. The van der Waals surface area contributed by atoms with Crippen LogP contribution in [-0.4, -0.2) is 28.9 Å². The molecule has 0 atom stereocenters. The number of nitrogens with zero attached hydrogens (tertiary/aromatic N) is 2. The fourth-order valence-corrected chi connectivity index (χ4v) is 3.81. The lowest BCUT2D eigenvalue weighted by Crippen LogP contribution is -2.38. The van der Waals surface area contributed by atoms with Crippen LogP contribution in [0.3, 0.4) is 0 Å². The fraction of sp³-hybridized carbons (Fsp3) is 0.333. The van der Waals surface area contributed by atoms with E-state index in [-0.39, 0.29) is 5.91 Å². The molecule has 0 radical (unpaired) electrons. The van der Waals surface area contributed by atoms with Crippen molar-refractivity contribution >= 4 is 28.3 Å². The summed E-state index contributed by atoms with van der Waals surface area (Å²) in [7, 11) is 0. The van der Waals surface area contributed by atoms with E-state index in [1.54, 1.807) is 11.3 Å². The smallest absolute Gasteiger partial charge is 0.227 e. The Morgan fingerprint density at radius 3 is 2.78 bits per heavy atom. The first-order valence-electron chi connectivity index (χ1n) is 7.95. The van der Waals surface area contributed by atoms with Gasteiger partial charge in [-0.05, 0) is 36.4 Å². The normalized spacial score (nSPS) is 16.1. The Labute approximate surface area is 138 Å². The van der Waals surface area contributed by atoms with Crippen LogP contribution in [-0.2, 0) is 11.2 Å². The van der Waals surface area contributed by atoms with Crippen LogP contribution in [0, 0.1) is 0 Å². The highest BCUT2D eigenvalue weighted by atomic mass is 32.1. The molecule has 0 N–H and O–H groups in total. The molecule has 0 bridgehead atoms. The topological polar surface area (TPSA) is 46.3 Å². The van der Waals surface area contributed by atoms with E-state index in [0.29, 0.717) is 12.3 Å². The Hall–Kier alpha value is -2.14. The van der Waals surface area contributed by atoms with Gasteiger partial charge >= 0.3 is 0 Å². The third-order valence-corrected chi connectivity index (χ3v) is 5.29. The van der Waals surface area contributed by atoms with Crippen molar-refractivity contribution in [2.24, 2.45) is 0 Å². The Bertz CT molecular complexity index is 768. The third kappa shape index (κ3) is 3.01. The standard InChI is InChI=1S/C18H18N2O2S/c21-17(12-14-4-3-11-23-14)20-9-7-13(8-10-20)18-19-15-5-1-2-6-16(15)22-18/h1-6,11,13H,7-10,12H2. The van der Waals surface area contributed by atoms with Gasteiger partial charge in [0.25, 0.3) is 0 Å². The summed E-state index contributed by atoms with van der Waals surface area (Å²) in [6, 6.07) is 11.9. The summed E-state index contributed by atoms with van der Waals surface area (Å²) in [5.74, 6) is 1.35. The average Bonchev–Trinajstić information content (AvgIpc) is 3.24. The number of carbonyl (C=O) groups is 1. The number of piperidine rings is 1. The van der Waals surface area contributed by atoms with Crippen molar-refractivity contribution in [2.45, 2.75) is 25.2 Å². The largest absolute Gasteiger partial charge is 0.440 e. The maximum atomic E-state index is 12.3. The highest BCUT2D eigenvalue weighted by Crippen LogP contribution is 2.30. The number of carbonyl (C=O) groups excluding carboxylic acids is 1. The summed E-state index contributed by atoms with van der Waals surface area (Å²) in [5.41, 5.74) is 1.76. The molecule has 5 heteroatoms. The van der Waals surface area contributed by atoms with Gasteiger partial charge in [-0.25, -0.2) is 4.98 Å². The van der Waals surface area contributed by atoms with E-state index in [4.69, 9.17) is 4.42 Å². The minimum absolute atomic E-state index is 0.225. The Kier molecular flexibility index (Phi) is 3.87. The molecule has 1 aliphatic rings. The Balaban J connectivity index is 1.39. The van der Waals surface area contributed by atoms with Crippen LogP contribution in [0.1, 0.15) is 29.5 Å². The van der Waals surface area contributed by atoms with Gasteiger partial charge in [-0.3, -0.25) is 4.79 Å². The summed E-state index contributed by atoms with van der Waals surface area (Å²) in [4.78, 5) is 20.0. The van der Waals surface area contributed by atoms with E-state index in [9.17, 15) is 4.79 Å². The lowest BCUT2D eigenvalue weighted by atomic mass is 9.96. The molecule has 118 valence electrons. The molecule has 4 rings (SSSR count). The molecular formula is C18H18N2O2S. The summed E-state index contributed by atoms with van der Waals surface area (Å²) >= 11 is 1.64. The van der Waals surface area contributed by atoms with Crippen LogP contribution < -0.4 is 0 Å². The molecule has 3 aromatic rings. The second kappa shape index (κ2) is 6.16. The average molecular weight is 326 g/mol. The first-order valence-corrected chi connectivity index (χ1v) is 8.83. The maximum Gasteiger partial charge on any atom is 0.227 e. The molecule has 0 aliphatic carbocycles. The molecule has 0 spiro atoms. The molecule has 1 saturated heterocycles. The zero-order chi connectivity index (χ0) is 15.6. The van der Waals surface area contributed by atoms with Crippen LogP contribution in [0.15, 0.2) is 46.2 Å². The number of likely N-dealkylation sites (tertiary alicyclic amines) is 1. The van der Waals surface area contributed by atoms with Gasteiger partial charge in [0, 0.05) is 23.9 Å². The van der Waals surface area contributed by atoms with E-state index >= 15 is 0 Å². The molecule has 0 saturated carbocycles. The summed E-state index contributed by atoms with van der Waals surface area (Å²) in [5, 5.41) is 2.02. The third-order valence-electron chi connectivity index (χ3n) is 4.41. The second-order valence-corrected chi connectivity index (χ2v) is 6.96. The maximum absolute atomic E-state index is 12.3. The van der Waals surface area contributed by atoms with Gasteiger partial charge in [-0.2, -0.15) is 0 Å². The van der Waals surface area contributed by atoms with E-state index < -0.39 is 0 Å².